The molecule has 156 valence electrons. The molecular weight excluding hydrogens is 392 g/mol. The number of ether oxygens (including phenoxy) is 1. The van der Waals surface area contributed by atoms with Gasteiger partial charge in [0, 0.05) is 12.8 Å². The van der Waals surface area contributed by atoms with Crippen LogP contribution in [0, 0.1) is 35.0 Å². The smallest absolute Gasteiger partial charge is 0.210 e. The van der Waals surface area contributed by atoms with Crippen molar-refractivity contribution in [1.29, 1.82) is 5.26 Å². The molecule has 4 N–H and O–H groups in total. The number of aromatic nitrogens is 4. The summed E-state index contributed by atoms with van der Waals surface area (Å²) in [5.74, 6) is 11.3. The SMILES string of the molecule is CONc1nc(C#CC#CCCCC#N)nc2c1ncn2[C@@H]1O[C@H](CO)[C@@H](O)[C@H]1O. The Labute approximate surface area is 172 Å². The van der Waals surface area contributed by atoms with E-state index in [1.807, 2.05) is 6.07 Å². The van der Waals surface area contributed by atoms with Gasteiger partial charge in [-0.05, 0) is 24.2 Å². The molecule has 3 heterocycles. The molecule has 1 aliphatic heterocycles. The van der Waals surface area contributed by atoms with Gasteiger partial charge in [-0.3, -0.25) is 9.40 Å². The first kappa shape index (κ1) is 21.5. The van der Waals surface area contributed by atoms with Crippen LogP contribution < -0.4 is 5.48 Å². The van der Waals surface area contributed by atoms with Crippen LogP contribution in [0.5, 0.6) is 0 Å². The number of fused-ring (bicyclic) bond motifs is 1. The second-order valence-corrected chi connectivity index (χ2v) is 6.32. The quantitative estimate of drug-likeness (QED) is 0.276. The Kier molecular flexibility index (Phi) is 7.15. The molecule has 0 aromatic carbocycles. The molecular formula is C19H20N6O5. The Morgan fingerprint density at radius 2 is 2.10 bits per heavy atom. The molecule has 0 aliphatic carbocycles. The van der Waals surface area contributed by atoms with E-state index < -0.39 is 31.1 Å². The van der Waals surface area contributed by atoms with E-state index >= 15 is 0 Å². The Bertz CT molecular complexity index is 1060. The average Bonchev–Trinajstić information content (AvgIpc) is 3.29. The van der Waals surface area contributed by atoms with Gasteiger partial charge in [0.2, 0.25) is 5.82 Å². The number of rotatable bonds is 6. The van der Waals surface area contributed by atoms with Crippen molar-refractivity contribution in [2.75, 3.05) is 19.2 Å². The number of nitrogens with zero attached hydrogens (tertiary/aromatic N) is 5. The first-order valence-corrected chi connectivity index (χ1v) is 9.12. The van der Waals surface area contributed by atoms with E-state index in [2.05, 4.69) is 44.1 Å². The minimum absolute atomic E-state index is 0.127. The van der Waals surface area contributed by atoms with Gasteiger partial charge in [0.25, 0.3) is 0 Å². The Morgan fingerprint density at radius 3 is 2.80 bits per heavy atom. The molecule has 1 fully saturated rings. The molecule has 2 aromatic rings. The molecule has 0 unspecified atom stereocenters. The van der Waals surface area contributed by atoms with Gasteiger partial charge < -0.3 is 20.1 Å². The highest BCUT2D eigenvalue weighted by atomic mass is 16.6. The van der Waals surface area contributed by atoms with Crippen molar-refractivity contribution >= 4 is 17.0 Å². The fourth-order valence-electron chi connectivity index (χ4n) is 2.89. The number of hydrogen-bond donors (Lipinski definition) is 4. The van der Waals surface area contributed by atoms with Gasteiger partial charge >= 0.3 is 0 Å². The molecule has 0 bridgehead atoms. The van der Waals surface area contributed by atoms with Crippen molar-refractivity contribution in [3.63, 3.8) is 0 Å². The lowest BCUT2D eigenvalue weighted by molar-refractivity contribution is -0.0511. The molecule has 1 aliphatic rings. The third kappa shape index (κ3) is 4.50. The van der Waals surface area contributed by atoms with E-state index in [-0.39, 0.29) is 17.3 Å². The van der Waals surface area contributed by atoms with Crippen LogP contribution in [-0.4, -0.2) is 66.9 Å². The fourth-order valence-corrected chi connectivity index (χ4v) is 2.89. The maximum absolute atomic E-state index is 10.3. The molecule has 11 nitrogen and oxygen atoms in total. The summed E-state index contributed by atoms with van der Waals surface area (Å²) in [5.41, 5.74) is 3.22. The van der Waals surface area contributed by atoms with Crippen molar-refractivity contribution in [1.82, 2.24) is 19.5 Å². The molecule has 0 radical (unpaired) electrons. The lowest BCUT2D eigenvalue weighted by Gasteiger charge is -2.16. The zero-order chi connectivity index (χ0) is 21.5. The van der Waals surface area contributed by atoms with E-state index in [1.165, 1.54) is 18.0 Å². The van der Waals surface area contributed by atoms with Crippen molar-refractivity contribution in [2.24, 2.45) is 0 Å². The number of hydrogen-bond acceptors (Lipinski definition) is 10. The minimum atomic E-state index is -1.29. The van der Waals surface area contributed by atoms with Crippen molar-refractivity contribution in [3.05, 3.63) is 12.2 Å². The molecule has 30 heavy (non-hydrogen) atoms. The molecule has 2 aromatic heterocycles. The van der Waals surface area contributed by atoms with Crippen molar-refractivity contribution in [3.8, 4) is 29.8 Å². The standard InChI is InChI=1S/C19H20N6O5/c1-29-24-17-14-18(23-13(22-17)8-6-4-2-3-5-7-9-20)25(11-21-14)19-16(28)15(27)12(10-26)30-19/h11-12,15-16,19,26-28H,3,5,7,10H2,1H3,(H,22,23,24)/t12-,15-,16-,19-/m1/s1. The van der Waals surface area contributed by atoms with Gasteiger partial charge in [-0.2, -0.15) is 10.2 Å². The summed E-state index contributed by atoms with van der Waals surface area (Å²) in [6.07, 6.45) is -1.42. The monoisotopic (exact) mass is 412 g/mol. The highest BCUT2D eigenvalue weighted by Crippen LogP contribution is 2.32. The zero-order valence-electron chi connectivity index (χ0n) is 16.1. The van der Waals surface area contributed by atoms with E-state index in [0.717, 1.165) is 0 Å². The molecule has 4 atom stereocenters. The van der Waals surface area contributed by atoms with Gasteiger partial charge in [-0.15, -0.1) is 0 Å². The van der Waals surface area contributed by atoms with Gasteiger partial charge in [-0.1, -0.05) is 5.92 Å². The number of imidazole rings is 1. The van der Waals surface area contributed by atoms with E-state index in [4.69, 9.17) is 14.8 Å². The summed E-state index contributed by atoms with van der Waals surface area (Å²) < 4.78 is 6.98. The Balaban J connectivity index is 1.93. The van der Waals surface area contributed by atoms with Gasteiger partial charge in [-0.25, -0.2) is 15.4 Å². The predicted molar refractivity (Wildman–Crippen MR) is 103 cm³/mol. The summed E-state index contributed by atoms with van der Waals surface area (Å²) in [7, 11) is 1.41. The minimum Gasteiger partial charge on any atom is -0.394 e. The van der Waals surface area contributed by atoms with E-state index in [0.29, 0.717) is 24.8 Å². The third-order valence-corrected chi connectivity index (χ3v) is 4.33. The van der Waals surface area contributed by atoms with Crippen LogP contribution in [-0.2, 0) is 9.57 Å². The van der Waals surface area contributed by atoms with Crippen LogP contribution in [0.2, 0.25) is 0 Å². The Morgan fingerprint density at radius 1 is 1.27 bits per heavy atom. The molecule has 0 amide bonds. The van der Waals surface area contributed by atoms with Crippen LogP contribution in [0.1, 0.15) is 31.3 Å². The Hall–Kier alpha value is -3.24. The molecule has 3 rings (SSSR count). The summed E-state index contributed by atoms with van der Waals surface area (Å²) in [4.78, 5) is 17.8. The third-order valence-electron chi connectivity index (χ3n) is 4.33. The first-order chi connectivity index (χ1) is 14.6. The van der Waals surface area contributed by atoms with Gasteiger partial charge in [0.1, 0.15) is 18.3 Å². The van der Waals surface area contributed by atoms with E-state index in [1.54, 1.807) is 0 Å². The van der Waals surface area contributed by atoms with Crippen LogP contribution in [0.4, 0.5) is 5.82 Å². The van der Waals surface area contributed by atoms with Crippen LogP contribution in [0.3, 0.4) is 0 Å². The largest absolute Gasteiger partial charge is 0.394 e. The number of anilines is 1. The van der Waals surface area contributed by atoms with Crippen molar-refractivity contribution in [2.45, 2.75) is 43.8 Å². The molecule has 1 saturated heterocycles. The average molecular weight is 412 g/mol. The first-order valence-electron chi connectivity index (χ1n) is 9.12. The second kappa shape index (κ2) is 9.99. The molecule has 11 heteroatoms. The second-order valence-electron chi connectivity index (χ2n) is 6.32. The number of aliphatic hydroxyl groups excluding tert-OH is 3. The van der Waals surface area contributed by atoms with Gasteiger partial charge in [0.05, 0.1) is 26.1 Å². The van der Waals surface area contributed by atoms with Gasteiger partial charge in [0.15, 0.2) is 23.2 Å². The highest BCUT2D eigenvalue weighted by Gasteiger charge is 2.44. The number of nitrogens with one attached hydrogen (secondary N) is 1. The number of nitriles is 1. The molecule has 0 saturated carbocycles. The van der Waals surface area contributed by atoms with Crippen LogP contribution in [0.25, 0.3) is 11.2 Å². The summed E-state index contributed by atoms with van der Waals surface area (Å²) in [5, 5.41) is 38.1. The fraction of sp³-hybridized carbons (Fsp3) is 0.474. The summed E-state index contributed by atoms with van der Waals surface area (Å²) >= 11 is 0. The summed E-state index contributed by atoms with van der Waals surface area (Å²) in [6, 6.07) is 2.05. The number of aliphatic hydroxyl groups is 3. The topological polar surface area (TPSA) is 159 Å². The van der Waals surface area contributed by atoms with Crippen LogP contribution >= 0.6 is 0 Å². The lowest BCUT2D eigenvalue weighted by Crippen LogP contribution is -2.33. The number of unbranched alkanes of at least 4 members (excludes halogenated alkanes) is 2. The lowest BCUT2D eigenvalue weighted by atomic mass is 10.1. The normalized spacial score (nSPS) is 22.6. The maximum Gasteiger partial charge on any atom is 0.210 e. The molecule has 0 spiro atoms. The van der Waals surface area contributed by atoms with E-state index in [9.17, 15) is 15.3 Å². The highest BCUT2D eigenvalue weighted by molar-refractivity contribution is 5.83. The van der Waals surface area contributed by atoms with Crippen molar-refractivity contribution < 1.29 is 24.9 Å². The van der Waals surface area contributed by atoms with Crippen LogP contribution in [0.15, 0.2) is 6.33 Å². The zero-order valence-corrected chi connectivity index (χ0v) is 16.1. The summed E-state index contributed by atoms with van der Waals surface area (Å²) in [6.45, 7) is -0.448. The predicted octanol–water partition coefficient (Wildman–Crippen LogP) is -0.540. The maximum atomic E-state index is 10.3.